The molecule has 82 heavy (non-hydrogen) atoms. The molecule has 1 aromatic carbocycles. The van der Waals surface area contributed by atoms with Crippen LogP contribution in [0.25, 0.3) is 0 Å². The Kier molecular flexibility index (Phi) is 18.1. The molecule has 1 aliphatic carbocycles. The lowest BCUT2D eigenvalue weighted by Crippen LogP contribution is -2.70. The Hall–Kier alpha value is -3.31. The Morgan fingerprint density at radius 2 is 0.634 bits per heavy atom. The van der Waals surface area contributed by atoms with Gasteiger partial charge in [-0.25, -0.2) is 0 Å². The second kappa shape index (κ2) is 20.4. The monoisotopic (exact) mass is 1310 g/mol. The first kappa shape index (κ1) is 72.9. The molecular weight excluding hydrogens is 1280 g/mol. The van der Waals surface area contributed by atoms with Gasteiger partial charge in [0.25, 0.3) is 0 Å². The molecule has 0 amide bonds. The summed E-state index contributed by atoms with van der Waals surface area (Å²) < 4.78 is 564. The number of rotatable bonds is 25. The van der Waals surface area contributed by atoms with Gasteiger partial charge in [-0.05, 0) is 44.7 Å². The third-order valence-electron chi connectivity index (χ3n) is 14.1. The minimum Gasteiger partial charge on any atom is -0.403 e. The van der Waals surface area contributed by atoms with E-state index in [9.17, 15) is 119 Å². The van der Waals surface area contributed by atoms with Crippen molar-refractivity contribution in [1.82, 2.24) is 0 Å². The fourth-order valence-electron chi connectivity index (χ4n) is 8.36. The average molecular weight is 1310 g/mol. The third-order valence-corrected chi connectivity index (χ3v) is 19.4. The van der Waals surface area contributed by atoms with E-state index in [0.717, 1.165) is 0 Å². The van der Waals surface area contributed by atoms with E-state index in [1.165, 1.54) is 30.3 Å². The van der Waals surface area contributed by atoms with Gasteiger partial charge in [-0.3, -0.25) is 0 Å². The molecule has 1 aromatic rings. The second-order valence-electron chi connectivity index (χ2n) is 19.9. The zero-order valence-electron chi connectivity index (χ0n) is 39.8. The van der Waals surface area contributed by atoms with Crippen molar-refractivity contribution in [2.24, 2.45) is 0 Å². The maximum Gasteiger partial charge on any atom is 0.461 e. The Labute approximate surface area is 432 Å². The maximum atomic E-state index is 15.6. The molecule has 0 aromatic heterocycles. The van der Waals surface area contributed by atoms with Crippen LogP contribution in [0.3, 0.4) is 0 Å². The number of halogens is 39. The van der Waals surface area contributed by atoms with E-state index >= 15 is 52.7 Å². The lowest BCUT2D eigenvalue weighted by molar-refractivity contribution is -0.440. The first-order valence-corrected chi connectivity index (χ1v) is 24.6. The lowest BCUT2D eigenvalue weighted by atomic mass is 9.79. The van der Waals surface area contributed by atoms with Gasteiger partial charge in [-0.2, -0.15) is 171 Å². The summed E-state index contributed by atoms with van der Waals surface area (Å²) in [5, 5.41) is 0. The summed E-state index contributed by atoms with van der Waals surface area (Å²) >= 11 is 0. The molecule has 0 N–H and O–H groups in total. The van der Waals surface area contributed by atoms with Gasteiger partial charge in [-0.1, -0.05) is 48.5 Å². The molecule has 0 spiro atoms. The zero-order valence-corrected chi connectivity index (χ0v) is 40.8. The zero-order chi connectivity index (χ0) is 65.4. The van der Waals surface area contributed by atoms with Gasteiger partial charge in [0.15, 0.2) is 0 Å². The van der Waals surface area contributed by atoms with Crippen LogP contribution in [0, 0.1) is 0 Å². The number of hydrogen-bond donors (Lipinski definition) is 0. The molecule has 1 unspecified atom stereocenters. The maximum absolute atomic E-state index is 15.6. The van der Waals surface area contributed by atoms with Crippen LogP contribution in [0.15, 0.2) is 30.3 Å². The summed E-state index contributed by atoms with van der Waals surface area (Å²) in [7, 11) is -9.19. The molecule has 2 nitrogen and oxygen atoms in total. The van der Waals surface area contributed by atoms with Crippen molar-refractivity contribution >= 4 is 15.2 Å². The summed E-state index contributed by atoms with van der Waals surface area (Å²) in [5.74, 6) is -130. The van der Waals surface area contributed by atoms with Gasteiger partial charge in [0.05, 0.1) is 19.3 Å². The van der Waals surface area contributed by atoms with E-state index in [1.54, 1.807) is 0 Å². The molecule has 0 radical (unpaired) electrons. The Bertz CT molecular complexity index is 2200. The fourth-order valence-corrected chi connectivity index (χ4v) is 14.1. The van der Waals surface area contributed by atoms with Crippen molar-refractivity contribution in [2.45, 2.75) is 201 Å². The molecule has 2 fully saturated rings. The summed E-state index contributed by atoms with van der Waals surface area (Å²) in [6.07, 6.45) is -36.9. The van der Waals surface area contributed by atoms with E-state index in [2.05, 4.69) is 0 Å². The van der Waals surface area contributed by atoms with Crippen LogP contribution in [0.5, 0.6) is 0 Å². The van der Waals surface area contributed by atoms with Crippen LogP contribution >= 0.6 is 0 Å². The highest BCUT2D eigenvalue weighted by atomic mass is 28.3. The normalized spacial score (nSPS) is 21.9. The van der Waals surface area contributed by atoms with Crippen LogP contribution < -0.4 is 0 Å². The molecule has 2 aliphatic rings. The van der Waals surface area contributed by atoms with E-state index < -0.39 is 189 Å². The van der Waals surface area contributed by atoms with Crippen LogP contribution in [0.4, 0.5) is 171 Å². The quantitative estimate of drug-likeness (QED) is 0.0718. The van der Waals surface area contributed by atoms with Crippen LogP contribution in [0.2, 0.25) is 30.0 Å². The van der Waals surface area contributed by atoms with Gasteiger partial charge in [0.1, 0.15) is 0 Å². The van der Waals surface area contributed by atoms with Gasteiger partial charge < -0.3 is 9.31 Å². The van der Waals surface area contributed by atoms with E-state index in [-0.39, 0.29) is 13.3 Å². The number of hydrogen-bond acceptors (Lipinski definition) is 2. The van der Waals surface area contributed by atoms with E-state index in [1.807, 2.05) is 0 Å². The average Bonchev–Trinajstić information content (AvgIpc) is 4.05. The van der Waals surface area contributed by atoms with Crippen LogP contribution in [-0.2, 0) is 9.31 Å². The summed E-state index contributed by atoms with van der Waals surface area (Å²) in [6.45, 7) is 1.42. The summed E-state index contributed by atoms with van der Waals surface area (Å²) in [5.41, 5.74) is -5.60. The number of alkyl halides is 39. The minimum atomic E-state index is -8.91. The third kappa shape index (κ3) is 11.0. The Morgan fingerprint density at radius 1 is 0.378 bits per heavy atom. The molecule has 1 heterocycles. The molecule has 1 aliphatic heterocycles. The molecule has 1 saturated heterocycles. The molecule has 0 bridgehead atoms. The standard InChI is InChI=1S/C39H32BF39O2Si/c1-20(2)21(3,81-40(80-20)19-15-18(19)17-7-5-4-6-8-17)16-82(12-9-22(41,42)25(47,48)28(53,54)31(59,60)34(65,66)37(71,72)73,13-10-23(43,44)26(49,50)29(55,56)32(61,62)35(67,68)38(74,75)76)14-11-24(45,46)27(51,52)30(57,58)33(63,64)36(69,70)39(77,78)79/h4-8,18-19H,9-16H2,1-3H3/t18-,19+,21?/m0/s1. The van der Waals surface area contributed by atoms with E-state index in [4.69, 9.17) is 9.31 Å². The first-order chi connectivity index (χ1) is 35.5. The minimum absolute atomic E-state index is 0.183. The van der Waals surface area contributed by atoms with Crippen molar-refractivity contribution in [3.63, 3.8) is 0 Å². The van der Waals surface area contributed by atoms with E-state index in [0.29, 0.717) is 19.4 Å². The smallest absolute Gasteiger partial charge is 0.403 e. The number of benzene rings is 1. The highest BCUT2D eigenvalue weighted by Crippen LogP contribution is 2.67. The fraction of sp³-hybridized carbons (Fsp3) is 0.846. The van der Waals surface area contributed by atoms with Gasteiger partial charge in [0.2, 0.25) is 0 Å². The Morgan fingerprint density at radius 3 is 0.890 bits per heavy atom. The van der Waals surface area contributed by atoms with Crippen molar-refractivity contribution in [3.05, 3.63) is 35.9 Å². The van der Waals surface area contributed by atoms with Crippen molar-refractivity contribution in [2.75, 3.05) is 0 Å². The molecule has 3 atom stereocenters. The molecular formula is C39H32BF39O2Si. The highest BCUT2D eigenvalue weighted by molar-refractivity contribution is 6.80. The predicted octanol–water partition coefficient (Wildman–Crippen LogP) is 18.5. The van der Waals surface area contributed by atoms with Crippen molar-refractivity contribution in [1.29, 1.82) is 0 Å². The topological polar surface area (TPSA) is 18.5 Å². The summed E-state index contributed by atoms with van der Waals surface area (Å²) in [6, 6.07) is -5.62. The van der Waals surface area contributed by atoms with Crippen molar-refractivity contribution in [3.8, 4) is 0 Å². The molecule has 1 saturated carbocycles. The lowest BCUT2D eigenvalue weighted by Gasteiger charge is -2.47. The largest absolute Gasteiger partial charge is 0.461 e. The predicted molar refractivity (Wildman–Crippen MR) is 199 cm³/mol. The van der Waals surface area contributed by atoms with Gasteiger partial charge in [-0.15, -0.1) is 0 Å². The summed E-state index contributed by atoms with van der Waals surface area (Å²) in [4.78, 5) is 0. The van der Waals surface area contributed by atoms with Gasteiger partial charge >= 0.3 is 114 Å². The molecule has 43 heteroatoms. The van der Waals surface area contributed by atoms with Crippen LogP contribution in [0.1, 0.15) is 57.9 Å². The first-order valence-electron chi connectivity index (χ1n) is 21.8. The molecule has 480 valence electrons. The Balaban J connectivity index is 2.48. The SMILES string of the molecule is CC1(C)OB([C@@H]2C[C@H]2c2ccccc2)OC1(C)C[Si](CCC(F)(F)C(F)(F)C(F)(F)C(F)(F)C(F)(F)C(F)(F)F)(CCC(F)(F)C(F)(F)C(F)(F)C(F)(F)C(F)(F)C(F)(F)F)CCC(F)(F)C(F)(F)C(F)(F)C(F)(F)C(F)(F)C(F)(F)F. The molecule has 3 rings (SSSR count). The van der Waals surface area contributed by atoms with Crippen molar-refractivity contribution < 1.29 is 181 Å². The van der Waals surface area contributed by atoms with Crippen LogP contribution in [-0.4, -0.2) is 134 Å². The van der Waals surface area contributed by atoms with Gasteiger partial charge in [0, 0.05) is 25.1 Å². The second-order valence-corrected chi connectivity index (χ2v) is 24.8. The highest BCUT2D eigenvalue weighted by Gasteiger charge is 2.94.